The number of rotatable bonds is 8. The second-order valence-corrected chi connectivity index (χ2v) is 10.7. The van der Waals surface area contributed by atoms with Gasteiger partial charge in [-0.3, -0.25) is 23.8 Å². The van der Waals surface area contributed by atoms with Crippen molar-refractivity contribution in [3.63, 3.8) is 0 Å². The standard InChI is InChI=1S/C27H29N5O3S2/c33-18-17-29-13-15-30(16-14-29)24-21(25(34)31-11-5-4-10-23(31)28-24)19-22-26(35)32(27(36)37-22)12-6-9-20-7-2-1-3-8-20/h1-5,7-8,10-11,19,33H,6,9,12-18H2. The van der Waals surface area contributed by atoms with Crippen molar-refractivity contribution in [1.29, 1.82) is 0 Å². The lowest BCUT2D eigenvalue weighted by molar-refractivity contribution is -0.122. The van der Waals surface area contributed by atoms with E-state index in [0.29, 0.717) is 52.4 Å². The van der Waals surface area contributed by atoms with Gasteiger partial charge in [0.1, 0.15) is 15.8 Å². The Morgan fingerprint density at radius 2 is 1.76 bits per heavy atom. The molecule has 2 saturated heterocycles. The first-order valence-electron chi connectivity index (χ1n) is 12.4. The Kier molecular flexibility index (Phi) is 7.99. The lowest BCUT2D eigenvalue weighted by Crippen LogP contribution is -2.48. The molecule has 0 unspecified atom stereocenters. The fourth-order valence-electron chi connectivity index (χ4n) is 4.69. The average Bonchev–Trinajstić information content (AvgIpc) is 3.19. The van der Waals surface area contributed by atoms with Gasteiger partial charge in [-0.2, -0.15) is 0 Å². The number of hydrogen-bond acceptors (Lipinski definition) is 8. The van der Waals surface area contributed by atoms with Crippen LogP contribution in [0.2, 0.25) is 0 Å². The molecule has 10 heteroatoms. The number of piperazine rings is 1. The number of thiocarbonyl (C=S) groups is 1. The van der Waals surface area contributed by atoms with Crippen LogP contribution in [0, 0.1) is 0 Å². The number of benzene rings is 1. The second-order valence-electron chi connectivity index (χ2n) is 9.06. The molecule has 4 heterocycles. The molecular weight excluding hydrogens is 506 g/mol. The van der Waals surface area contributed by atoms with Crippen LogP contribution < -0.4 is 10.5 Å². The Bertz CT molecular complexity index is 1380. The number of aromatic nitrogens is 2. The quantitative estimate of drug-likeness (QED) is 0.348. The molecule has 0 spiro atoms. The Balaban J connectivity index is 1.41. The van der Waals surface area contributed by atoms with E-state index >= 15 is 0 Å². The number of β-amino-alcohol motifs (C(OH)–C–C–N with tert-alkyl or cyclic N) is 1. The third-order valence-corrected chi connectivity index (χ3v) is 8.05. The first-order chi connectivity index (χ1) is 18.0. The third-order valence-electron chi connectivity index (χ3n) is 6.68. The summed E-state index contributed by atoms with van der Waals surface area (Å²) >= 11 is 6.78. The first kappa shape index (κ1) is 25.6. The van der Waals surface area contributed by atoms with Crippen LogP contribution in [0.1, 0.15) is 17.5 Å². The van der Waals surface area contributed by atoms with Gasteiger partial charge >= 0.3 is 0 Å². The fourth-order valence-corrected chi connectivity index (χ4v) is 5.98. The molecule has 2 aliphatic heterocycles. The molecule has 2 aromatic heterocycles. The number of carbonyl (C=O) groups excluding carboxylic acids is 1. The predicted octanol–water partition coefficient (Wildman–Crippen LogP) is 2.64. The molecule has 1 N–H and O–H groups in total. The number of aryl methyl sites for hydroxylation is 1. The number of pyridine rings is 1. The monoisotopic (exact) mass is 535 g/mol. The lowest BCUT2D eigenvalue weighted by atomic mass is 10.1. The van der Waals surface area contributed by atoms with E-state index in [1.807, 2.05) is 30.3 Å². The van der Waals surface area contributed by atoms with Crippen LogP contribution in [0.15, 0.2) is 64.4 Å². The second kappa shape index (κ2) is 11.6. The minimum atomic E-state index is -0.215. The number of thioether (sulfide) groups is 1. The summed E-state index contributed by atoms with van der Waals surface area (Å²) in [7, 11) is 0. The Hall–Kier alpha value is -3.05. The van der Waals surface area contributed by atoms with Gasteiger partial charge in [0.15, 0.2) is 0 Å². The van der Waals surface area contributed by atoms with E-state index in [9.17, 15) is 14.7 Å². The molecule has 1 amide bonds. The Labute approximate surface area is 225 Å². The maximum atomic E-state index is 13.6. The van der Waals surface area contributed by atoms with Gasteiger partial charge in [0.05, 0.1) is 17.1 Å². The number of hydrogen-bond donors (Lipinski definition) is 1. The van der Waals surface area contributed by atoms with E-state index in [1.165, 1.54) is 21.7 Å². The van der Waals surface area contributed by atoms with Gasteiger partial charge < -0.3 is 10.0 Å². The van der Waals surface area contributed by atoms with Gasteiger partial charge in [0.2, 0.25) is 0 Å². The van der Waals surface area contributed by atoms with Crippen LogP contribution in [-0.2, 0) is 11.2 Å². The zero-order valence-electron chi connectivity index (χ0n) is 20.5. The predicted molar refractivity (Wildman–Crippen MR) is 152 cm³/mol. The fraction of sp³-hybridized carbons (Fsp3) is 0.333. The number of fused-ring (bicyclic) bond motifs is 1. The van der Waals surface area contributed by atoms with Gasteiger partial charge in [0.25, 0.3) is 11.5 Å². The molecule has 192 valence electrons. The van der Waals surface area contributed by atoms with Crippen LogP contribution in [-0.4, -0.2) is 80.4 Å². The van der Waals surface area contributed by atoms with Crippen molar-refractivity contribution in [2.75, 3.05) is 50.8 Å². The molecule has 37 heavy (non-hydrogen) atoms. The van der Waals surface area contributed by atoms with Crippen LogP contribution in [0.25, 0.3) is 11.7 Å². The molecule has 3 aromatic rings. The Morgan fingerprint density at radius 3 is 2.51 bits per heavy atom. The third kappa shape index (κ3) is 5.62. The first-order valence-corrected chi connectivity index (χ1v) is 13.7. The number of nitrogens with zero attached hydrogens (tertiary/aromatic N) is 5. The van der Waals surface area contributed by atoms with E-state index in [-0.39, 0.29) is 18.1 Å². The highest BCUT2D eigenvalue weighted by atomic mass is 32.2. The highest BCUT2D eigenvalue weighted by Crippen LogP contribution is 2.34. The lowest BCUT2D eigenvalue weighted by Gasteiger charge is -2.35. The zero-order valence-corrected chi connectivity index (χ0v) is 22.1. The summed E-state index contributed by atoms with van der Waals surface area (Å²) in [6, 6.07) is 15.6. The highest BCUT2D eigenvalue weighted by Gasteiger charge is 2.33. The number of anilines is 1. The molecule has 5 rings (SSSR count). The maximum Gasteiger partial charge on any atom is 0.267 e. The number of aliphatic hydroxyl groups excluding tert-OH is 1. The van der Waals surface area contributed by atoms with E-state index in [1.54, 1.807) is 23.2 Å². The summed E-state index contributed by atoms with van der Waals surface area (Å²) in [5.74, 6) is 0.411. The summed E-state index contributed by atoms with van der Waals surface area (Å²) in [6.07, 6.45) is 5.02. The van der Waals surface area contributed by atoms with Gasteiger partial charge in [-0.1, -0.05) is 60.4 Å². The van der Waals surface area contributed by atoms with Crippen molar-refractivity contribution in [3.05, 3.63) is 81.1 Å². The number of aliphatic hydroxyl groups is 1. The summed E-state index contributed by atoms with van der Waals surface area (Å²) in [6.45, 7) is 4.16. The van der Waals surface area contributed by atoms with E-state index in [2.05, 4.69) is 21.9 Å². The Morgan fingerprint density at radius 1 is 1.00 bits per heavy atom. The molecule has 0 aliphatic carbocycles. The van der Waals surface area contributed by atoms with E-state index in [0.717, 1.165) is 25.9 Å². The van der Waals surface area contributed by atoms with Gasteiger partial charge in [-0.05, 0) is 36.6 Å². The van der Waals surface area contributed by atoms with Crippen molar-refractivity contribution in [2.45, 2.75) is 12.8 Å². The molecule has 0 atom stereocenters. The molecule has 8 nitrogen and oxygen atoms in total. The van der Waals surface area contributed by atoms with E-state index < -0.39 is 0 Å². The summed E-state index contributed by atoms with van der Waals surface area (Å²) < 4.78 is 2.02. The van der Waals surface area contributed by atoms with Gasteiger partial charge in [-0.25, -0.2) is 4.98 Å². The van der Waals surface area contributed by atoms with Crippen LogP contribution in [0.3, 0.4) is 0 Å². The van der Waals surface area contributed by atoms with E-state index in [4.69, 9.17) is 17.2 Å². The summed E-state index contributed by atoms with van der Waals surface area (Å²) in [5, 5.41) is 9.27. The zero-order chi connectivity index (χ0) is 25.8. The SMILES string of the molecule is O=C1C(=Cc2c(N3CCN(CCO)CC3)nc3ccccn3c2=O)SC(=S)N1CCCc1ccccc1. The van der Waals surface area contributed by atoms with Crippen LogP contribution in [0.4, 0.5) is 5.82 Å². The molecule has 1 aromatic carbocycles. The van der Waals surface area contributed by atoms with Gasteiger partial charge in [-0.15, -0.1) is 0 Å². The smallest absolute Gasteiger partial charge is 0.267 e. The molecule has 2 aliphatic rings. The molecule has 0 saturated carbocycles. The summed E-state index contributed by atoms with van der Waals surface area (Å²) in [5.41, 5.74) is 1.96. The highest BCUT2D eigenvalue weighted by molar-refractivity contribution is 8.26. The topological polar surface area (TPSA) is 81.4 Å². The van der Waals surface area contributed by atoms with Crippen molar-refractivity contribution in [2.24, 2.45) is 0 Å². The molecular formula is C27H29N5O3S2. The largest absolute Gasteiger partial charge is 0.395 e. The van der Waals surface area contributed by atoms with Crippen LogP contribution in [0.5, 0.6) is 0 Å². The minimum Gasteiger partial charge on any atom is -0.395 e. The molecule has 2 fully saturated rings. The van der Waals surface area contributed by atoms with Crippen molar-refractivity contribution >= 4 is 51.7 Å². The molecule has 0 bridgehead atoms. The minimum absolute atomic E-state index is 0.119. The molecule has 0 radical (unpaired) electrons. The maximum absolute atomic E-state index is 13.6. The van der Waals surface area contributed by atoms with Crippen molar-refractivity contribution < 1.29 is 9.90 Å². The average molecular weight is 536 g/mol. The van der Waals surface area contributed by atoms with Crippen LogP contribution >= 0.6 is 24.0 Å². The number of carbonyl (C=O) groups is 1. The van der Waals surface area contributed by atoms with Gasteiger partial charge in [0, 0.05) is 45.5 Å². The van der Waals surface area contributed by atoms with Crippen molar-refractivity contribution in [1.82, 2.24) is 19.2 Å². The normalized spacial score (nSPS) is 17.9. The number of amides is 1. The summed E-state index contributed by atoms with van der Waals surface area (Å²) in [4.78, 5) is 38.1. The van der Waals surface area contributed by atoms with Crippen molar-refractivity contribution in [3.8, 4) is 0 Å².